The molecular formula is C14H13N3OS2. The van der Waals surface area contributed by atoms with Crippen LogP contribution in [0.2, 0.25) is 0 Å². The van der Waals surface area contributed by atoms with Gasteiger partial charge in [-0.05, 0) is 36.1 Å². The fourth-order valence-electron chi connectivity index (χ4n) is 1.95. The lowest BCUT2D eigenvalue weighted by molar-refractivity contribution is 0.0956. The Kier molecular flexibility index (Phi) is 3.42. The summed E-state index contributed by atoms with van der Waals surface area (Å²) in [7, 11) is 0. The number of pyridine rings is 1. The van der Waals surface area contributed by atoms with E-state index in [1.54, 1.807) is 17.5 Å². The quantitative estimate of drug-likeness (QED) is 0.781. The summed E-state index contributed by atoms with van der Waals surface area (Å²) in [5.41, 5.74) is 7.74. The predicted octanol–water partition coefficient (Wildman–Crippen LogP) is 3.18. The van der Waals surface area contributed by atoms with E-state index in [0.717, 1.165) is 15.1 Å². The first kappa shape index (κ1) is 13.1. The third kappa shape index (κ3) is 2.28. The lowest BCUT2D eigenvalue weighted by atomic mass is 10.2. The van der Waals surface area contributed by atoms with Crippen molar-refractivity contribution in [1.82, 2.24) is 10.3 Å². The van der Waals surface area contributed by atoms with Gasteiger partial charge in [-0.2, -0.15) is 0 Å². The molecule has 0 unspecified atom stereocenters. The Balaban J connectivity index is 1.82. The molecule has 0 saturated heterocycles. The van der Waals surface area contributed by atoms with Gasteiger partial charge in [0, 0.05) is 16.5 Å². The van der Waals surface area contributed by atoms with Crippen molar-refractivity contribution in [1.29, 1.82) is 0 Å². The SMILES string of the molecule is Cc1ccsc1CNC(=O)c1sc2ncccc2c1N. The highest BCUT2D eigenvalue weighted by Crippen LogP contribution is 2.31. The minimum atomic E-state index is -0.140. The molecule has 4 nitrogen and oxygen atoms in total. The minimum absolute atomic E-state index is 0.140. The van der Waals surface area contributed by atoms with Crippen molar-refractivity contribution in [3.05, 3.63) is 45.1 Å². The number of hydrogen-bond donors (Lipinski definition) is 2. The zero-order valence-electron chi connectivity index (χ0n) is 10.8. The molecule has 0 bridgehead atoms. The summed E-state index contributed by atoms with van der Waals surface area (Å²) in [5, 5.41) is 5.78. The Bertz CT molecular complexity index is 776. The third-order valence-electron chi connectivity index (χ3n) is 3.09. The number of aryl methyl sites for hydroxylation is 1. The van der Waals surface area contributed by atoms with Crippen molar-refractivity contribution >= 4 is 44.5 Å². The van der Waals surface area contributed by atoms with Gasteiger partial charge in [-0.1, -0.05) is 0 Å². The molecule has 3 N–H and O–H groups in total. The Morgan fingerprint density at radius 1 is 1.45 bits per heavy atom. The molecule has 1 amide bonds. The van der Waals surface area contributed by atoms with Gasteiger partial charge in [-0.3, -0.25) is 4.79 Å². The average molecular weight is 303 g/mol. The number of amides is 1. The number of fused-ring (bicyclic) bond motifs is 1. The first-order valence-electron chi connectivity index (χ1n) is 6.11. The molecule has 3 heterocycles. The van der Waals surface area contributed by atoms with Crippen LogP contribution in [-0.4, -0.2) is 10.9 Å². The van der Waals surface area contributed by atoms with E-state index in [-0.39, 0.29) is 5.91 Å². The molecule has 3 rings (SSSR count). The van der Waals surface area contributed by atoms with Crippen LogP contribution in [0.5, 0.6) is 0 Å². The van der Waals surface area contributed by atoms with Crippen LogP contribution in [0.1, 0.15) is 20.1 Å². The smallest absolute Gasteiger partial charge is 0.263 e. The average Bonchev–Trinajstić information content (AvgIpc) is 3.01. The molecule has 3 aromatic heterocycles. The topological polar surface area (TPSA) is 68.0 Å². The maximum absolute atomic E-state index is 12.2. The van der Waals surface area contributed by atoms with Gasteiger partial charge < -0.3 is 11.1 Å². The zero-order chi connectivity index (χ0) is 14.1. The maximum atomic E-state index is 12.2. The van der Waals surface area contributed by atoms with Crippen LogP contribution in [0.15, 0.2) is 29.8 Å². The van der Waals surface area contributed by atoms with Gasteiger partial charge in [-0.25, -0.2) is 4.98 Å². The summed E-state index contributed by atoms with van der Waals surface area (Å²) in [6, 6.07) is 5.75. The van der Waals surface area contributed by atoms with Crippen molar-refractivity contribution < 1.29 is 4.79 Å². The van der Waals surface area contributed by atoms with Crippen molar-refractivity contribution in [3.8, 4) is 0 Å². The van der Waals surface area contributed by atoms with E-state index in [0.29, 0.717) is 17.1 Å². The maximum Gasteiger partial charge on any atom is 0.263 e. The highest BCUT2D eigenvalue weighted by molar-refractivity contribution is 7.21. The standard InChI is InChI=1S/C14H13N3OS2/c1-8-4-6-19-10(8)7-17-13(18)12-11(15)9-3-2-5-16-14(9)20-12/h2-6H,7,15H2,1H3,(H,17,18). The summed E-state index contributed by atoms with van der Waals surface area (Å²) < 4.78 is 0. The lowest BCUT2D eigenvalue weighted by Gasteiger charge is -2.03. The Morgan fingerprint density at radius 3 is 3.00 bits per heavy atom. The van der Waals surface area contributed by atoms with Crippen LogP contribution in [0.25, 0.3) is 10.2 Å². The number of rotatable bonds is 3. The second kappa shape index (κ2) is 5.22. The number of nitrogens with zero attached hydrogens (tertiary/aromatic N) is 1. The predicted molar refractivity (Wildman–Crippen MR) is 84.3 cm³/mol. The van der Waals surface area contributed by atoms with Gasteiger partial charge in [-0.15, -0.1) is 22.7 Å². The Morgan fingerprint density at radius 2 is 2.30 bits per heavy atom. The van der Waals surface area contributed by atoms with Crippen LogP contribution >= 0.6 is 22.7 Å². The van der Waals surface area contributed by atoms with Crippen LogP contribution < -0.4 is 11.1 Å². The fraction of sp³-hybridized carbons (Fsp3) is 0.143. The number of nitrogens with two attached hydrogens (primary N) is 1. The molecule has 20 heavy (non-hydrogen) atoms. The van der Waals surface area contributed by atoms with Crippen molar-refractivity contribution in [2.24, 2.45) is 0 Å². The number of anilines is 1. The molecule has 0 aliphatic carbocycles. The van der Waals surface area contributed by atoms with Crippen molar-refractivity contribution in [2.75, 3.05) is 5.73 Å². The molecule has 0 radical (unpaired) electrons. The molecule has 0 fully saturated rings. The molecule has 6 heteroatoms. The van der Waals surface area contributed by atoms with Crippen molar-refractivity contribution in [2.45, 2.75) is 13.5 Å². The zero-order valence-corrected chi connectivity index (χ0v) is 12.5. The largest absolute Gasteiger partial charge is 0.397 e. The molecule has 0 atom stereocenters. The number of thiophene rings is 2. The Hall–Kier alpha value is -1.92. The van der Waals surface area contributed by atoms with E-state index in [1.165, 1.54) is 16.9 Å². The van der Waals surface area contributed by atoms with Crippen molar-refractivity contribution in [3.63, 3.8) is 0 Å². The number of nitrogen functional groups attached to an aromatic ring is 1. The van der Waals surface area contributed by atoms with Gasteiger partial charge >= 0.3 is 0 Å². The summed E-state index contributed by atoms with van der Waals surface area (Å²) in [6.45, 7) is 2.57. The molecule has 102 valence electrons. The van der Waals surface area contributed by atoms with E-state index < -0.39 is 0 Å². The number of carbonyl (C=O) groups excluding carboxylic acids is 1. The van der Waals surface area contributed by atoms with E-state index >= 15 is 0 Å². The number of nitrogens with one attached hydrogen (secondary N) is 1. The normalized spacial score (nSPS) is 10.8. The molecule has 0 aliphatic rings. The molecular weight excluding hydrogens is 290 g/mol. The van der Waals surface area contributed by atoms with Gasteiger partial charge in [0.25, 0.3) is 5.91 Å². The number of hydrogen-bond acceptors (Lipinski definition) is 5. The molecule has 3 aromatic rings. The van der Waals surface area contributed by atoms with E-state index in [1.807, 2.05) is 30.5 Å². The van der Waals surface area contributed by atoms with Gasteiger partial charge in [0.2, 0.25) is 0 Å². The van der Waals surface area contributed by atoms with Gasteiger partial charge in [0.15, 0.2) is 0 Å². The molecule has 0 spiro atoms. The summed E-state index contributed by atoms with van der Waals surface area (Å²) >= 11 is 2.97. The second-order valence-electron chi connectivity index (χ2n) is 4.41. The summed E-state index contributed by atoms with van der Waals surface area (Å²) in [5.74, 6) is -0.140. The Labute approximate surface area is 124 Å². The van der Waals surface area contributed by atoms with E-state index in [4.69, 9.17) is 5.73 Å². The van der Waals surface area contributed by atoms with Crippen LogP contribution in [0.3, 0.4) is 0 Å². The van der Waals surface area contributed by atoms with Crippen LogP contribution in [-0.2, 0) is 6.54 Å². The van der Waals surface area contributed by atoms with Crippen LogP contribution in [0.4, 0.5) is 5.69 Å². The van der Waals surface area contributed by atoms with Crippen LogP contribution in [0, 0.1) is 6.92 Å². The first-order chi connectivity index (χ1) is 9.66. The fourth-order valence-corrected chi connectivity index (χ4v) is 3.77. The number of carbonyl (C=O) groups is 1. The lowest BCUT2D eigenvalue weighted by Crippen LogP contribution is -2.22. The second-order valence-corrected chi connectivity index (χ2v) is 6.41. The number of aromatic nitrogens is 1. The third-order valence-corrected chi connectivity index (χ3v) is 5.24. The summed E-state index contributed by atoms with van der Waals surface area (Å²) in [6.07, 6.45) is 1.70. The van der Waals surface area contributed by atoms with Gasteiger partial charge in [0.1, 0.15) is 9.71 Å². The first-order valence-corrected chi connectivity index (χ1v) is 7.80. The molecule has 0 aromatic carbocycles. The molecule has 0 saturated carbocycles. The minimum Gasteiger partial charge on any atom is -0.397 e. The monoisotopic (exact) mass is 303 g/mol. The van der Waals surface area contributed by atoms with Gasteiger partial charge in [0.05, 0.1) is 12.2 Å². The molecule has 0 aliphatic heterocycles. The van der Waals surface area contributed by atoms with E-state index in [2.05, 4.69) is 10.3 Å². The highest BCUT2D eigenvalue weighted by Gasteiger charge is 2.16. The van der Waals surface area contributed by atoms with E-state index in [9.17, 15) is 4.79 Å². The highest BCUT2D eigenvalue weighted by atomic mass is 32.1. The summed E-state index contributed by atoms with van der Waals surface area (Å²) in [4.78, 5) is 19.0.